The number of likely N-dealkylation sites (tertiary alicyclic amines) is 1. The lowest BCUT2D eigenvalue weighted by atomic mass is 9.95. The van der Waals surface area contributed by atoms with E-state index in [1.165, 1.54) is 12.1 Å². The number of rotatable bonds is 3. The molecule has 3 rings (SSSR count). The van der Waals surface area contributed by atoms with E-state index in [-0.39, 0.29) is 23.9 Å². The largest absolute Gasteiger partial charge is 0.416 e. The zero-order valence-electron chi connectivity index (χ0n) is 14.1. The van der Waals surface area contributed by atoms with E-state index in [0.717, 1.165) is 25.5 Å². The van der Waals surface area contributed by atoms with Crippen molar-refractivity contribution in [2.45, 2.75) is 25.6 Å². The number of carbonyl (C=O) groups excluding carboxylic acids is 1. The first-order valence-electron chi connectivity index (χ1n) is 8.69. The van der Waals surface area contributed by atoms with Gasteiger partial charge in [0.15, 0.2) is 0 Å². The second-order valence-electron chi connectivity index (χ2n) is 6.67. The fraction of sp³-hybridized carbons (Fsp3) is 0.611. The van der Waals surface area contributed by atoms with Crippen molar-refractivity contribution < 1.29 is 22.7 Å². The van der Waals surface area contributed by atoms with Crippen molar-refractivity contribution in [3.8, 4) is 0 Å². The van der Waals surface area contributed by atoms with Gasteiger partial charge in [-0.15, -0.1) is 0 Å². The minimum Gasteiger partial charge on any atom is -0.378 e. The Hall–Kier alpha value is -1.60. The quantitative estimate of drug-likeness (QED) is 0.835. The number of ether oxygens (including phenoxy) is 1. The normalized spacial score (nSPS) is 22.8. The summed E-state index contributed by atoms with van der Waals surface area (Å²) in [7, 11) is 0. The highest BCUT2D eigenvalue weighted by atomic mass is 19.4. The lowest BCUT2D eigenvalue weighted by molar-refractivity contribution is -0.142. The number of nitrogens with zero attached hydrogens (tertiary/aromatic N) is 2. The first-order chi connectivity index (χ1) is 11.9. The number of alkyl halides is 3. The van der Waals surface area contributed by atoms with E-state index in [4.69, 9.17) is 4.74 Å². The maximum atomic E-state index is 13.2. The number of amides is 1. The average Bonchev–Trinajstić information content (AvgIpc) is 2.62. The Balaban J connectivity index is 1.65. The van der Waals surface area contributed by atoms with Crippen LogP contribution >= 0.6 is 0 Å². The number of morpholine rings is 1. The van der Waals surface area contributed by atoms with E-state index < -0.39 is 11.7 Å². The third-order valence-electron chi connectivity index (χ3n) is 4.89. The molecule has 1 aromatic rings. The molecule has 25 heavy (non-hydrogen) atoms. The maximum absolute atomic E-state index is 13.2. The summed E-state index contributed by atoms with van der Waals surface area (Å²) < 4.78 is 44.7. The second kappa shape index (κ2) is 7.74. The van der Waals surface area contributed by atoms with Gasteiger partial charge in [0, 0.05) is 26.2 Å². The van der Waals surface area contributed by atoms with Crippen LogP contribution in [0.25, 0.3) is 0 Å². The SMILES string of the molecule is O=C(C1CCCN(Cc2ccccc2C(F)(F)F)C1)N1CCOCC1. The van der Waals surface area contributed by atoms with Gasteiger partial charge in [-0.2, -0.15) is 13.2 Å². The molecule has 1 atom stereocenters. The minimum atomic E-state index is -4.35. The maximum Gasteiger partial charge on any atom is 0.416 e. The van der Waals surface area contributed by atoms with Crippen LogP contribution in [-0.4, -0.2) is 55.1 Å². The molecule has 0 aliphatic carbocycles. The molecule has 1 unspecified atom stereocenters. The van der Waals surface area contributed by atoms with Crippen LogP contribution in [0.2, 0.25) is 0 Å². The molecule has 138 valence electrons. The first-order valence-corrected chi connectivity index (χ1v) is 8.69. The fourth-order valence-corrected chi connectivity index (χ4v) is 3.62. The Labute approximate surface area is 145 Å². The molecule has 2 aliphatic rings. The summed E-state index contributed by atoms with van der Waals surface area (Å²) in [5.41, 5.74) is -0.314. The molecular formula is C18H23F3N2O2. The number of piperidine rings is 1. The molecule has 0 aromatic heterocycles. The van der Waals surface area contributed by atoms with E-state index >= 15 is 0 Å². The van der Waals surface area contributed by atoms with Crippen molar-refractivity contribution >= 4 is 5.91 Å². The van der Waals surface area contributed by atoms with Gasteiger partial charge in [-0.3, -0.25) is 9.69 Å². The van der Waals surface area contributed by atoms with Crippen LogP contribution in [0, 0.1) is 5.92 Å². The molecule has 1 aromatic carbocycles. The van der Waals surface area contributed by atoms with Crippen LogP contribution in [0.4, 0.5) is 13.2 Å². The van der Waals surface area contributed by atoms with Crippen molar-refractivity contribution in [1.29, 1.82) is 0 Å². The Morgan fingerprint density at radius 1 is 1.16 bits per heavy atom. The van der Waals surface area contributed by atoms with Crippen LogP contribution in [0.1, 0.15) is 24.0 Å². The van der Waals surface area contributed by atoms with Gasteiger partial charge in [-0.25, -0.2) is 0 Å². The summed E-state index contributed by atoms with van der Waals surface area (Å²) in [6.45, 7) is 3.78. The highest BCUT2D eigenvalue weighted by Crippen LogP contribution is 2.33. The van der Waals surface area contributed by atoms with Crippen molar-refractivity contribution in [3.63, 3.8) is 0 Å². The molecule has 0 radical (unpaired) electrons. The van der Waals surface area contributed by atoms with Crippen molar-refractivity contribution in [3.05, 3.63) is 35.4 Å². The Bertz CT molecular complexity index is 600. The first kappa shape index (κ1) is 18.2. The predicted molar refractivity (Wildman–Crippen MR) is 86.8 cm³/mol. The molecule has 1 amide bonds. The van der Waals surface area contributed by atoms with Crippen LogP contribution in [-0.2, 0) is 22.3 Å². The van der Waals surface area contributed by atoms with Gasteiger partial charge in [0.25, 0.3) is 0 Å². The molecular weight excluding hydrogens is 333 g/mol. The third kappa shape index (κ3) is 4.52. The molecule has 2 heterocycles. The Kier molecular flexibility index (Phi) is 5.64. The lowest BCUT2D eigenvalue weighted by Gasteiger charge is -2.36. The zero-order chi connectivity index (χ0) is 17.9. The Morgan fingerprint density at radius 2 is 1.88 bits per heavy atom. The van der Waals surface area contributed by atoms with Crippen LogP contribution in [0.3, 0.4) is 0 Å². The number of hydrogen-bond acceptors (Lipinski definition) is 3. The van der Waals surface area contributed by atoms with Gasteiger partial charge in [-0.05, 0) is 31.0 Å². The summed E-state index contributed by atoms with van der Waals surface area (Å²) >= 11 is 0. The molecule has 0 N–H and O–H groups in total. The standard InChI is InChI=1S/C18H23F3N2O2/c19-18(20,21)16-6-2-1-4-14(16)12-22-7-3-5-15(13-22)17(24)23-8-10-25-11-9-23/h1-2,4,6,15H,3,5,7-13H2. The van der Waals surface area contributed by atoms with Gasteiger partial charge in [-0.1, -0.05) is 18.2 Å². The molecule has 0 spiro atoms. The van der Waals surface area contributed by atoms with Crippen LogP contribution in [0.15, 0.2) is 24.3 Å². The number of halogens is 3. The highest BCUT2D eigenvalue weighted by molar-refractivity contribution is 5.79. The van der Waals surface area contributed by atoms with E-state index in [2.05, 4.69) is 0 Å². The van der Waals surface area contributed by atoms with Gasteiger partial charge in [0.2, 0.25) is 5.91 Å². The Morgan fingerprint density at radius 3 is 2.60 bits per heavy atom. The van der Waals surface area contributed by atoms with Gasteiger partial charge in [0.1, 0.15) is 0 Å². The van der Waals surface area contributed by atoms with E-state index in [9.17, 15) is 18.0 Å². The lowest BCUT2D eigenvalue weighted by Crippen LogP contribution is -2.48. The monoisotopic (exact) mass is 356 g/mol. The summed E-state index contributed by atoms with van der Waals surface area (Å²) in [6.07, 6.45) is -2.72. The molecule has 2 saturated heterocycles. The summed E-state index contributed by atoms with van der Waals surface area (Å²) in [6, 6.07) is 5.68. The average molecular weight is 356 g/mol. The fourth-order valence-electron chi connectivity index (χ4n) is 3.62. The van der Waals surface area contributed by atoms with Crippen LogP contribution < -0.4 is 0 Å². The van der Waals surface area contributed by atoms with Gasteiger partial charge in [0.05, 0.1) is 24.7 Å². The van der Waals surface area contributed by atoms with Gasteiger partial charge >= 0.3 is 6.18 Å². The minimum absolute atomic E-state index is 0.108. The summed E-state index contributed by atoms with van der Waals surface area (Å²) in [5.74, 6) is -0.0259. The predicted octanol–water partition coefficient (Wildman–Crippen LogP) is 2.78. The van der Waals surface area contributed by atoms with Gasteiger partial charge < -0.3 is 9.64 Å². The summed E-state index contributed by atoms with van der Waals surface area (Å²) in [4.78, 5) is 16.4. The molecule has 7 heteroatoms. The molecule has 0 saturated carbocycles. The molecule has 0 bridgehead atoms. The van der Waals surface area contributed by atoms with E-state index in [1.807, 2.05) is 9.80 Å². The van der Waals surface area contributed by atoms with Crippen molar-refractivity contribution in [2.24, 2.45) is 5.92 Å². The topological polar surface area (TPSA) is 32.8 Å². The zero-order valence-corrected chi connectivity index (χ0v) is 14.1. The number of benzene rings is 1. The second-order valence-corrected chi connectivity index (χ2v) is 6.67. The molecule has 2 aliphatic heterocycles. The number of carbonyl (C=O) groups is 1. The molecule has 4 nitrogen and oxygen atoms in total. The van der Waals surface area contributed by atoms with E-state index in [1.54, 1.807) is 6.07 Å². The number of hydrogen-bond donors (Lipinski definition) is 0. The van der Waals surface area contributed by atoms with Crippen LogP contribution in [0.5, 0.6) is 0 Å². The van der Waals surface area contributed by atoms with Crippen molar-refractivity contribution in [1.82, 2.24) is 9.80 Å². The third-order valence-corrected chi connectivity index (χ3v) is 4.89. The smallest absolute Gasteiger partial charge is 0.378 e. The summed E-state index contributed by atoms with van der Waals surface area (Å²) in [5, 5.41) is 0. The van der Waals surface area contributed by atoms with E-state index in [0.29, 0.717) is 32.8 Å². The highest BCUT2D eigenvalue weighted by Gasteiger charge is 2.34. The van der Waals surface area contributed by atoms with Crippen molar-refractivity contribution in [2.75, 3.05) is 39.4 Å². The molecule has 2 fully saturated rings.